The van der Waals surface area contributed by atoms with Crippen molar-refractivity contribution in [1.82, 2.24) is 10.2 Å². The first-order valence-corrected chi connectivity index (χ1v) is 7.60. The average Bonchev–Trinajstić information content (AvgIpc) is 3.00. The van der Waals surface area contributed by atoms with Crippen LogP contribution >= 0.6 is 12.4 Å². The predicted octanol–water partition coefficient (Wildman–Crippen LogP) is 2.45. The van der Waals surface area contributed by atoms with E-state index in [9.17, 15) is 4.79 Å². The Labute approximate surface area is 133 Å². The van der Waals surface area contributed by atoms with E-state index in [0.717, 1.165) is 26.2 Å². The van der Waals surface area contributed by atoms with Crippen molar-refractivity contribution in [2.24, 2.45) is 11.8 Å². The van der Waals surface area contributed by atoms with Crippen LogP contribution in [0.3, 0.4) is 0 Å². The van der Waals surface area contributed by atoms with Gasteiger partial charge in [-0.05, 0) is 22.8 Å². The van der Waals surface area contributed by atoms with Crippen molar-refractivity contribution >= 4 is 18.3 Å². The first-order chi connectivity index (χ1) is 9.56. The van der Waals surface area contributed by atoms with Crippen molar-refractivity contribution in [3.05, 3.63) is 35.9 Å². The molecule has 0 bridgehead atoms. The minimum Gasteiger partial charge on any atom is -0.342 e. The Bertz CT molecular complexity index is 477. The molecular formula is C17H25ClN2O. The number of carbonyl (C=O) groups excluding carboxylic acids is 1. The van der Waals surface area contributed by atoms with Crippen LogP contribution in [0.15, 0.2) is 30.3 Å². The van der Waals surface area contributed by atoms with Gasteiger partial charge in [0.2, 0.25) is 5.91 Å². The molecule has 21 heavy (non-hydrogen) atoms. The molecule has 2 fully saturated rings. The Hall–Kier alpha value is -1.06. The topological polar surface area (TPSA) is 32.3 Å². The van der Waals surface area contributed by atoms with E-state index < -0.39 is 0 Å². The zero-order chi connectivity index (χ0) is 14.2. The van der Waals surface area contributed by atoms with Crippen molar-refractivity contribution < 1.29 is 4.79 Å². The third kappa shape index (κ3) is 3.41. The Kier molecular flexibility index (Phi) is 4.95. The zero-order valence-electron chi connectivity index (χ0n) is 12.8. The molecule has 0 unspecified atom stereocenters. The van der Waals surface area contributed by atoms with E-state index in [1.165, 1.54) is 5.56 Å². The van der Waals surface area contributed by atoms with E-state index >= 15 is 0 Å². The molecule has 3 nitrogen and oxygen atoms in total. The molecular weight excluding hydrogens is 284 g/mol. The predicted molar refractivity (Wildman–Crippen MR) is 87.8 cm³/mol. The lowest BCUT2D eigenvalue weighted by molar-refractivity contribution is -0.131. The summed E-state index contributed by atoms with van der Waals surface area (Å²) >= 11 is 0. The highest BCUT2D eigenvalue weighted by atomic mass is 35.5. The Morgan fingerprint density at radius 2 is 1.76 bits per heavy atom. The molecule has 0 radical (unpaired) electrons. The Balaban J connectivity index is 0.00000161. The van der Waals surface area contributed by atoms with Crippen molar-refractivity contribution in [3.63, 3.8) is 0 Å². The number of nitrogens with zero attached hydrogens (tertiary/aromatic N) is 1. The van der Waals surface area contributed by atoms with Crippen LogP contribution in [0.25, 0.3) is 0 Å². The maximum atomic E-state index is 12.6. The second-order valence-electron chi connectivity index (χ2n) is 6.90. The molecule has 4 heteroatoms. The van der Waals surface area contributed by atoms with E-state index in [-0.39, 0.29) is 17.8 Å². The van der Waals surface area contributed by atoms with Crippen LogP contribution in [0.1, 0.15) is 25.8 Å². The maximum absolute atomic E-state index is 12.6. The number of rotatable bonds is 3. The van der Waals surface area contributed by atoms with Crippen LogP contribution < -0.4 is 5.32 Å². The molecule has 116 valence electrons. The van der Waals surface area contributed by atoms with E-state index in [0.29, 0.717) is 24.2 Å². The summed E-state index contributed by atoms with van der Waals surface area (Å²) in [6, 6.07) is 10.4. The molecule has 2 heterocycles. The van der Waals surface area contributed by atoms with Crippen LogP contribution in [-0.2, 0) is 10.2 Å². The molecule has 0 aromatic heterocycles. The van der Waals surface area contributed by atoms with E-state index in [4.69, 9.17) is 0 Å². The maximum Gasteiger partial charge on any atom is 0.223 e. The van der Waals surface area contributed by atoms with Crippen LogP contribution in [0.2, 0.25) is 0 Å². The van der Waals surface area contributed by atoms with Crippen LogP contribution in [0, 0.1) is 11.8 Å². The fraction of sp³-hybridized carbons (Fsp3) is 0.588. The monoisotopic (exact) mass is 308 g/mol. The first-order valence-electron chi connectivity index (χ1n) is 7.60. The second-order valence-corrected chi connectivity index (χ2v) is 6.90. The van der Waals surface area contributed by atoms with Gasteiger partial charge in [0.15, 0.2) is 0 Å². The van der Waals surface area contributed by atoms with Crippen molar-refractivity contribution in [1.29, 1.82) is 0 Å². The summed E-state index contributed by atoms with van der Waals surface area (Å²) in [4.78, 5) is 14.7. The fourth-order valence-electron chi connectivity index (χ4n) is 3.54. The molecule has 2 aliphatic heterocycles. The number of likely N-dealkylation sites (tertiary alicyclic amines) is 1. The lowest BCUT2D eigenvalue weighted by Crippen LogP contribution is -2.35. The highest BCUT2D eigenvalue weighted by Gasteiger charge is 2.39. The second kappa shape index (κ2) is 6.37. The van der Waals surface area contributed by atoms with Crippen LogP contribution in [0.5, 0.6) is 0 Å². The van der Waals surface area contributed by atoms with Gasteiger partial charge in [-0.1, -0.05) is 44.2 Å². The van der Waals surface area contributed by atoms with E-state index in [1.54, 1.807) is 0 Å². The molecule has 3 rings (SSSR count). The summed E-state index contributed by atoms with van der Waals surface area (Å²) in [5.74, 6) is 1.67. The van der Waals surface area contributed by atoms with Gasteiger partial charge in [-0.3, -0.25) is 4.79 Å². The molecule has 0 saturated carbocycles. The van der Waals surface area contributed by atoms with Gasteiger partial charge in [-0.15, -0.1) is 12.4 Å². The minimum atomic E-state index is -0.0890. The van der Waals surface area contributed by atoms with Crippen molar-refractivity contribution in [2.45, 2.75) is 25.7 Å². The number of carbonyl (C=O) groups is 1. The number of hydrogen-bond acceptors (Lipinski definition) is 2. The molecule has 1 aromatic carbocycles. The number of fused-ring (bicyclic) bond motifs is 1. The number of benzene rings is 1. The van der Waals surface area contributed by atoms with Gasteiger partial charge in [0.25, 0.3) is 0 Å². The molecule has 1 aromatic rings. The minimum absolute atomic E-state index is 0. The lowest BCUT2D eigenvalue weighted by Gasteiger charge is -2.28. The molecule has 0 spiro atoms. The Morgan fingerprint density at radius 1 is 1.19 bits per heavy atom. The summed E-state index contributed by atoms with van der Waals surface area (Å²) < 4.78 is 0. The highest BCUT2D eigenvalue weighted by molar-refractivity contribution is 5.85. The highest BCUT2D eigenvalue weighted by Crippen LogP contribution is 2.31. The average molecular weight is 309 g/mol. The summed E-state index contributed by atoms with van der Waals surface area (Å²) in [5.41, 5.74) is 1.16. The third-order valence-corrected chi connectivity index (χ3v) is 4.89. The summed E-state index contributed by atoms with van der Waals surface area (Å²) in [7, 11) is 0. The SMILES string of the molecule is CC(C)(CC(=O)N1C[C@H]2CNC[C@H]2C1)c1ccccc1.Cl. The van der Waals surface area contributed by atoms with Crippen molar-refractivity contribution in [2.75, 3.05) is 26.2 Å². The molecule has 1 N–H and O–H groups in total. The third-order valence-electron chi connectivity index (χ3n) is 4.89. The van der Waals surface area contributed by atoms with E-state index in [2.05, 4.69) is 36.2 Å². The van der Waals surface area contributed by atoms with Crippen molar-refractivity contribution in [3.8, 4) is 0 Å². The molecule has 2 saturated heterocycles. The summed E-state index contributed by atoms with van der Waals surface area (Å²) in [5, 5.41) is 3.42. The summed E-state index contributed by atoms with van der Waals surface area (Å²) in [6.45, 7) is 8.38. The van der Waals surface area contributed by atoms with Gasteiger partial charge in [-0.2, -0.15) is 0 Å². The number of nitrogens with one attached hydrogen (secondary N) is 1. The summed E-state index contributed by atoms with van der Waals surface area (Å²) in [6.07, 6.45) is 0.601. The number of amides is 1. The van der Waals surface area contributed by atoms with Gasteiger partial charge in [-0.25, -0.2) is 0 Å². The standard InChI is InChI=1S/C17H24N2O.ClH/c1-17(2,15-6-4-3-5-7-15)8-16(20)19-11-13-9-18-10-14(13)12-19;/h3-7,13-14,18H,8-12H2,1-2H3;1H/t13-,14+;. The van der Waals surface area contributed by atoms with Crippen LogP contribution in [-0.4, -0.2) is 37.0 Å². The lowest BCUT2D eigenvalue weighted by atomic mass is 9.81. The number of halogens is 1. The van der Waals surface area contributed by atoms with E-state index in [1.807, 2.05) is 18.2 Å². The smallest absolute Gasteiger partial charge is 0.223 e. The normalized spacial score (nSPS) is 24.6. The number of hydrogen-bond donors (Lipinski definition) is 1. The molecule has 2 aliphatic rings. The Morgan fingerprint density at radius 3 is 2.33 bits per heavy atom. The van der Waals surface area contributed by atoms with Crippen LogP contribution in [0.4, 0.5) is 0 Å². The molecule has 2 atom stereocenters. The molecule has 1 amide bonds. The van der Waals surface area contributed by atoms with Gasteiger partial charge < -0.3 is 10.2 Å². The van der Waals surface area contributed by atoms with Gasteiger partial charge >= 0.3 is 0 Å². The first kappa shape index (κ1) is 16.3. The largest absolute Gasteiger partial charge is 0.342 e. The quantitative estimate of drug-likeness (QED) is 0.930. The zero-order valence-corrected chi connectivity index (χ0v) is 13.7. The van der Waals surface area contributed by atoms with Gasteiger partial charge in [0.1, 0.15) is 0 Å². The molecule has 0 aliphatic carbocycles. The van der Waals surface area contributed by atoms with Gasteiger partial charge in [0, 0.05) is 32.6 Å². The fourth-order valence-corrected chi connectivity index (χ4v) is 3.54. The van der Waals surface area contributed by atoms with Gasteiger partial charge in [0.05, 0.1) is 0 Å².